The van der Waals surface area contributed by atoms with Crippen molar-refractivity contribution in [1.29, 1.82) is 0 Å². The van der Waals surface area contributed by atoms with Crippen LogP contribution in [0.2, 0.25) is 0 Å². The van der Waals surface area contributed by atoms with Crippen LogP contribution in [0.3, 0.4) is 0 Å². The molecule has 0 unspecified atom stereocenters. The van der Waals surface area contributed by atoms with Crippen LogP contribution in [0.25, 0.3) is 11.1 Å². The normalized spacial score (nSPS) is 16.0. The second kappa shape index (κ2) is 8.45. The van der Waals surface area contributed by atoms with Crippen molar-refractivity contribution in [2.24, 2.45) is 0 Å². The largest absolute Gasteiger partial charge is 0.361 e. The number of aryl methyl sites for hydroxylation is 3. The van der Waals surface area contributed by atoms with Gasteiger partial charge >= 0.3 is 0 Å². The smallest absolute Gasteiger partial charge is 0.259 e. The summed E-state index contributed by atoms with van der Waals surface area (Å²) < 4.78 is 5.33. The lowest BCUT2D eigenvalue weighted by molar-refractivity contribution is 0.0730. The van der Waals surface area contributed by atoms with Crippen LogP contribution in [0, 0.1) is 13.8 Å². The molecular formula is C23H28N6O2. The number of likely N-dealkylation sites (tertiary alicyclic amines) is 1. The third-order valence-electron chi connectivity index (χ3n) is 5.83. The number of nitrogens with zero attached hydrogens (tertiary/aromatic N) is 6. The lowest BCUT2D eigenvalue weighted by Crippen LogP contribution is -2.32. The molecule has 0 saturated carbocycles. The number of carbonyl (C=O) groups excluding carboxylic acids is 1. The number of hydrogen-bond donors (Lipinski definition) is 0. The lowest BCUT2D eigenvalue weighted by Gasteiger charge is -2.27. The Morgan fingerprint density at radius 1 is 1.26 bits per heavy atom. The SMILES string of the molecule is CCc1noc(C)c1C(=O)N1CCC[C@H]1c1nc(N(C)C)ncc1-c1ccncc1C. The highest BCUT2D eigenvalue weighted by atomic mass is 16.5. The first kappa shape index (κ1) is 21.0. The van der Waals surface area contributed by atoms with Crippen molar-refractivity contribution in [3.8, 4) is 11.1 Å². The van der Waals surface area contributed by atoms with E-state index < -0.39 is 0 Å². The third kappa shape index (κ3) is 3.78. The van der Waals surface area contributed by atoms with Crippen molar-refractivity contribution < 1.29 is 9.32 Å². The summed E-state index contributed by atoms with van der Waals surface area (Å²) in [5, 5.41) is 4.08. The first-order chi connectivity index (χ1) is 14.9. The number of rotatable bonds is 5. The van der Waals surface area contributed by atoms with Gasteiger partial charge < -0.3 is 14.3 Å². The van der Waals surface area contributed by atoms with Gasteiger partial charge in [-0.25, -0.2) is 9.97 Å². The van der Waals surface area contributed by atoms with Crippen molar-refractivity contribution in [3.63, 3.8) is 0 Å². The molecule has 1 amide bonds. The van der Waals surface area contributed by atoms with Crippen molar-refractivity contribution in [1.82, 2.24) is 25.0 Å². The van der Waals surface area contributed by atoms with Gasteiger partial charge in [0.15, 0.2) is 0 Å². The van der Waals surface area contributed by atoms with E-state index in [1.54, 1.807) is 13.1 Å². The molecule has 1 aliphatic heterocycles. The van der Waals surface area contributed by atoms with Gasteiger partial charge in [0.25, 0.3) is 5.91 Å². The average molecular weight is 421 g/mol. The quantitative estimate of drug-likeness (QED) is 0.621. The van der Waals surface area contributed by atoms with E-state index in [1.807, 2.05) is 56.2 Å². The molecule has 8 nitrogen and oxygen atoms in total. The molecule has 4 rings (SSSR count). The maximum atomic E-state index is 13.6. The number of amides is 1. The second-order valence-electron chi connectivity index (χ2n) is 8.12. The zero-order chi connectivity index (χ0) is 22.1. The van der Waals surface area contributed by atoms with E-state index in [-0.39, 0.29) is 11.9 Å². The molecule has 0 aromatic carbocycles. The molecule has 0 aliphatic carbocycles. The fourth-order valence-corrected chi connectivity index (χ4v) is 4.21. The van der Waals surface area contributed by atoms with Gasteiger partial charge in [0, 0.05) is 44.8 Å². The Morgan fingerprint density at radius 2 is 2.06 bits per heavy atom. The fourth-order valence-electron chi connectivity index (χ4n) is 4.21. The van der Waals surface area contributed by atoms with E-state index in [2.05, 4.69) is 15.1 Å². The Bertz CT molecular complexity index is 1110. The minimum Gasteiger partial charge on any atom is -0.361 e. The molecule has 0 bridgehead atoms. The van der Waals surface area contributed by atoms with Gasteiger partial charge in [-0.05, 0) is 50.3 Å². The highest BCUT2D eigenvalue weighted by Crippen LogP contribution is 2.39. The van der Waals surface area contributed by atoms with Gasteiger partial charge in [0.05, 0.1) is 17.4 Å². The predicted molar refractivity (Wildman–Crippen MR) is 118 cm³/mol. The third-order valence-corrected chi connectivity index (χ3v) is 5.83. The minimum atomic E-state index is -0.143. The molecule has 0 spiro atoms. The summed E-state index contributed by atoms with van der Waals surface area (Å²) in [7, 11) is 3.84. The molecule has 0 radical (unpaired) electrons. The van der Waals surface area contributed by atoms with Crippen LogP contribution < -0.4 is 4.90 Å². The maximum absolute atomic E-state index is 13.6. The Morgan fingerprint density at radius 3 is 2.77 bits per heavy atom. The van der Waals surface area contributed by atoms with Crippen LogP contribution in [-0.2, 0) is 6.42 Å². The number of aromatic nitrogens is 4. The summed E-state index contributed by atoms with van der Waals surface area (Å²) in [5.41, 5.74) is 5.17. The summed E-state index contributed by atoms with van der Waals surface area (Å²) >= 11 is 0. The van der Waals surface area contributed by atoms with Gasteiger partial charge in [0.1, 0.15) is 11.3 Å². The molecule has 3 aromatic rings. The Labute approximate surface area is 182 Å². The van der Waals surface area contributed by atoms with Gasteiger partial charge in [0.2, 0.25) is 5.95 Å². The van der Waals surface area contributed by atoms with Gasteiger partial charge in [-0.1, -0.05) is 12.1 Å². The van der Waals surface area contributed by atoms with Crippen LogP contribution in [0.5, 0.6) is 0 Å². The molecule has 1 atom stereocenters. The topological polar surface area (TPSA) is 88.3 Å². The molecule has 162 valence electrons. The Hall–Kier alpha value is -3.29. The number of carbonyl (C=O) groups is 1. The minimum absolute atomic E-state index is 0.0412. The summed E-state index contributed by atoms with van der Waals surface area (Å²) in [6, 6.07) is 1.84. The molecular weight excluding hydrogens is 392 g/mol. The molecule has 1 aliphatic rings. The van der Waals surface area contributed by atoms with Crippen LogP contribution >= 0.6 is 0 Å². The monoisotopic (exact) mass is 420 g/mol. The van der Waals surface area contributed by atoms with Crippen molar-refractivity contribution >= 4 is 11.9 Å². The molecule has 1 saturated heterocycles. The number of pyridine rings is 1. The lowest BCUT2D eigenvalue weighted by atomic mass is 9.97. The van der Waals surface area contributed by atoms with E-state index >= 15 is 0 Å². The second-order valence-corrected chi connectivity index (χ2v) is 8.12. The molecule has 4 heterocycles. The van der Waals surface area contributed by atoms with Crippen molar-refractivity contribution in [2.75, 3.05) is 25.5 Å². The van der Waals surface area contributed by atoms with E-state index in [0.717, 1.165) is 35.2 Å². The van der Waals surface area contributed by atoms with E-state index in [0.29, 0.717) is 35.9 Å². The first-order valence-electron chi connectivity index (χ1n) is 10.6. The van der Waals surface area contributed by atoms with Crippen molar-refractivity contribution in [2.45, 2.75) is 46.1 Å². The standard InChI is InChI=1S/C23H28N6O2/c1-6-18-20(15(3)31-27-18)22(30)29-11-7-8-19(29)21-17(13-25-23(26-21)28(4)5)16-9-10-24-12-14(16)2/h9-10,12-13,19H,6-8,11H2,1-5H3/t19-/m0/s1. The Kier molecular flexibility index (Phi) is 5.71. The number of hydrogen-bond acceptors (Lipinski definition) is 7. The maximum Gasteiger partial charge on any atom is 0.259 e. The summed E-state index contributed by atoms with van der Waals surface area (Å²) in [4.78, 5) is 31.1. The van der Waals surface area contributed by atoms with Gasteiger partial charge in [-0.15, -0.1) is 0 Å². The molecule has 1 fully saturated rings. The van der Waals surface area contributed by atoms with E-state index in [9.17, 15) is 4.79 Å². The van der Waals surface area contributed by atoms with Crippen LogP contribution in [0.15, 0.2) is 29.2 Å². The highest BCUT2D eigenvalue weighted by molar-refractivity contribution is 5.96. The fraction of sp³-hybridized carbons (Fsp3) is 0.435. The van der Waals surface area contributed by atoms with E-state index in [4.69, 9.17) is 9.51 Å². The molecule has 31 heavy (non-hydrogen) atoms. The molecule has 0 N–H and O–H groups in total. The van der Waals surface area contributed by atoms with Gasteiger partial charge in [-0.2, -0.15) is 0 Å². The Balaban J connectivity index is 1.82. The van der Waals surface area contributed by atoms with Crippen LogP contribution in [0.4, 0.5) is 5.95 Å². The average Bonchev–Trinajstić information content (AvgIpc) is 3.40. The number of anilines is 1. The van der Waals surface area contributed by atoms with Crippen LogP contribution in [-0.4, -0.2) is 51.6 Å². The zero-order valence-electron chi connectivity index (χ0n) is 18.7. The molecule has 8 heteroatoms. The van der Waals surface area contributed by atoms with Crippen LogP contribution in [0.1, 0.15) is 58.9 Å². The van der Waals surface area contributed by atoms with E-state index in [1.165, 1.54) is 0 Å². The summed E-state index contributed by atoms with van der Waals surface area (Å²) in [6.07, 6.45) is 7.89. The highest BCUT2D eigenvalue weighted by Gasteiger charge is 2.36. The summed E-state index contributed by atoms with van der Waals surface area (Å²) in [5.74, 6) is 1.15. The predicted octanol–water partition coefficient (Wildman–Crippen LogP) is 3.75. The van der Waals surface area contributed by atoms with Crippen molar-refractivity contribution in [3.05, 3.63) is 52.9 Å². The first-order valence-corrected chi connectivity index (χ1v) is 10.6. The summed E-state index contributed by atoms with van der Waals surface area (Å²) in [6.45, 7) is 6.48. The zero-order valence-corrected chi connectivity index (χ0v) is 18.7. The van der Waals surface area contributed by atoms with Gasteiger partial charge in [-0.3, -0.25) is 9.78 Å². The molecule has 3 aromatic heterocycles.